The molecule has 2 N–H and O–H groups in total. The second kappa shape index (κ2) is 39.0. The van der Waals surface area contributed by atoms with Crippen LogP contribution in [0, 0.1) is 5.92 Å². The summed E-state index contributed by atoms with van der Waals surface area (Å²) in [7, 11) is 0. The second-order valence-electron chi connectivity index (χ2n) is 14.7. The average Bonchev–Trinajstić information content (AvgIpc) is 3.10. The van der Waals surface area contributed by atoms with Gasteiger partial charge in [0.15, 0.2) is 0 Å². The third-order valence-corrected chi connectivity index (χ3v) is 9.95. The maximum atomic E-state index is 12.6. The maximum absolute atomic E-state index is 12.6. The van der Waals surface area contributed by atoms with Gasteiger partial charge in [0.1, 0.15) is 0 Å². The molecule has 298 valence electrons. The molecule has 0 saturated heterocycles. The first kappa shape index (κ1) is 48.8. The Morgan fingerprint density at radius 1 is 0.460 bits per heavy atom. The Kier molecular flexibility index (Phi) is 38.0. The molecular formula is C42H84N2O6. The fourth-order valence-electron chi connectivity index (χ4n) is 6.69. The predicted molar refractivity (Wildman–Crippen MR) is 210 cm³/mol. The van der Waals surface area contributed by atoms with Crippen molar-refractivity contribution in [3.05, 3.63) is 0 Å². The van der Waals surface area contributed by atoms with Gasteiger partial charge in [-0.25, -0.2) is 0 Å². The SMILES string of the molecule is CCCCCCCCCCCOC(=O)CCCN(CCO)CCN(CCO)CCCCCCOC(=O)CC(CCCCCC)CCCCCC. The van der Waals surface area contributed by atoms with E-state index in [4.69, 9.17) is 9.47 Å². The van der Waals surface area contributed by atoms with Crippen molar-refractivity contribution < 1.29 is 29.3 Å². The molecule has 0 fully saturated rings. The summed E-state index contributed by atoms with van der Waals surface area (Å²) in [5, 5.41) is 19.2. The van der Waals surface area contributed by atoms with Crippen LogP contribution >= 0.6 is 0 Å². The van der Waals surface area contributed by atoms with Gasteiger partial charge in [-0.1, -0.05) is 136 Å². The molecule has 0 aromatic heterocycles. The number of ether oxygens (including phenoxy) is 2. The van der Waals surface area contributed by atoms with Crippen LogP contribution in [0.5, 0.6) is 0 Å². The summed E-state index contributed by atoms with van der Waals surface area (Å²) in [6.07, 6.45) is 29.3. The van der Waals surface area contributed by atoms with Crippen molar-refractivity contribution in [2.45, 2.75) is 188 Å². The number of hydrogen-bond donors (Lipinski definition) is 2. The zero-order valence-electron chi connectivity index (χ0n) is 33.5. The number of carbonyl (C=O) groups excluding carboxylic acids is 2. The highest BCUT2D eigenvalue weighted by molar-refractivity contribution is 5.69. The molecule has 0 amide bonds. The smallest absolute Gasteiger partial charge is 0.306 e. The van der Waals surface area contributed by atoms with Crippen molar-refractivity contribution in [1.29, 1.82) is 0 Å². The second-order valence-corrected chi connectivity index (χ2v) is 14.7. The Balaban J connectivity index is 4.14. The molecule has 0 saturated carbocycles. The Labute approximate surface area is 309 Å². The van der Waals surface area contributed by atoms with Crippen LogP contribution in [0.3, 0.4) is 0 Å². The van der Waals surface area contributed by atoms with Crippen LogP contribution in [0.1, 0.15) is 188 Å². The summed E-state index contributed by atoms with van der Waals surface area (Å²) in [5.41, 5.74) is 0. The molecule has 0 aromatic carbocycles. The lowest BCUT2D eigenvalue weighted by Crippen LogP contribution is -2.38. The van der Waals surface area contributed by atoms with Gasteiger partial charge < -0.3 is 19.7 Å². The van der Waals surface area contributed by atoms with E-state index in [2.05, 4.69) is 30.6 Å². The minimum Gasteiger partial charge on any atom is -0.466 e. The Morgan fingerprint density at radius 3 is 1.34 bits per heavy atom. The Hall–Kier alpha value is -1.22. The van der Waals surface area contributed by atoms with Crippen molar-refractivity contribution in [2.75, 3.05) is 65.7 Å². The molecule has 0 aromatic rings. The van der Waals surface area contributed by atoms with E-state index in [1.54, 1.807) is 0 Å². The van der Waals surface area contributed by atoms with Gasteiger partial charge in [0, 0.05) is 39.0 Å². The van der Waals surface area contributed by atoms with Crippen molar-refractivity contribution >= 4 is 11.9 Å². The molecule has 0 rings (SSSR count). The van der Waals surface area contributed by atoms with Gasteiger partial charge in [-0.3, -0.25) is 19.4 Å². The van der Waals surface area contributed by atoms with Gasteiger partial charge in [0.25, 0.3) is 0 Å². The molecule has 0 aliphatic rings. The Bertz CT molecular complexity index is 712. The van der Waals surface area contributed by atoms with Crippen LogP contribution in [-0.4, -0.2) is 97.6 Å². The monoisotopic (exact) mass is 713 g/mol. The largest absolute Gasteiger partial charge is 0.466 e. The highest BCUT2D eigenvalue weighted by Gasteiger charge is 2.15. The maximum Gasteiger partial charge on any atom is 0.306 e. The number of nitrogens with zero attached hydrogens (tertiary/aromatic N) is 2. The molecule has 0 spiro atoms. The molecule has 0 bridgehead atoms. The molecule has 0 atom stereocenters. The van der Waals surface area contributed by atoms with E-state index >= 15 is 0 Å². The summed E-state index contributed by atoms with van der Waals surface area (Å²) in [5.74, 6) is 0.330. The molecule has 50 heavy (non-hydrogen) atoms. The summed E-state index contributed by atoms with van der Waals surface area (Å²) < 4.78 is 11.1. The van der Waals surface area contributed by atoms with Crippen LogP contribution in [0.15, 0.2) is 0 Å². The lowest BCUT2D eigenvalue weighted by Gasteiger charge is -2.27. The molecule has 0 aliphatic carbocycles. The highest BCUT2D eigenvalue weighted by atomic mass is 16.5. The first-order valence-electron chi connectivity index (χ1n) is 21.5. The number of unbranched alkanes of at least 4 members (excludes halogenated alkanes) is 17. The van der Waals surface area contributed by atoms with Gasteiger partial charge >= 0.3 is 11.9 Å². The van der Waals surface area contributed by atoms with Crippen molar-refractivity contribution in [3.63, 3.8) is 0 Å². The third-order valence-electron chi connectivity index (χ3n) is 9.95. The molecule has 8 nitrogen and oxygen atoms in total. The van der Waals surface area contributed by atoms with Crippen LogP contribution in [0.25, 0.3) is 0 Å². The van der Waals surface area contributed by atoms with Crippen molar-refractivity contribution in [3.8, 4) is 0 Å². The van der Waals surface area contributed by atoms with Gasteiger partial charge in [0.05, 0.1) is 26.4 Å². The highest BCUT2D eigenvalue weighted by Crippen LogP contribution is 2.22. The number of carbonyl (C=O) groups is 2. The summed E-state index contributed by atoms with van der Waals surface area (Å²) in [6, 6.07) is 0. The molecular weight excluding hydrogens is 628 g/mol. The quantitative estimate of drug-likeness (QED) is 0.0479. The normalized spacial score (nSPS) is 11.7. The Morgan fingerprint density at radius 2 is 0.860 bits per heavy atom. The minimum absolute atomic E-state index is 0.0199. The van der Waals surface area contributed by atoms with Gasteiger partial charge in [0.2, 0.25) is 0 Å². The van der Waals surface area contributed by atoms with Crippen LogP contribution < -0.4 is 0 Å². The number of aliphatic hydroxyl groups is 2. The van der Waals surface area contributed by atoms with Gasteiger partial charge in [-0.05, 0) is 57.5 Å². The van der Waals surface area contributed by atoms with Crippen molar-refractivity contribution in [1.82, 2.24) is 9.80 Å². The van der Waals surface area contributed by atoms with E-state index in [0.717, 1.165) is 84.0 Å². The number of aliphatic hydroxyl groups excluding tert-OH is 2. The van der Waals surface area contributed by atoms with Crippen LogP contribution in [0.2, 0.25) is 0 Å². The van der Waals surface area contributed by atoms with Crippen LogP contribution in [-0.2, 0) is 19.1 Å². The van der Waals surface area contributed by atoms with E-state index < -0.39 is 0 Å². The zero-order valence-corrected chi connectivity index (χ0v) is 33.5. The lowest BCUT2D eigenvalue weighted by molar-refractivity contribution is -0.145. The first-order chi connectivity index (χ1) is 24.5. The van der Waals surface area contributed by atoms with E-state index in [-0.39, 0.29) is 25.2 Å². The topological polar surface area (TPSA) is 99.5 Å². The number of hydrogen-bond acceptors (Lipinski definition) is 8. The fraction of sp³-hybridized carbons (Fsp3) is 0.952. The standard InChI is InChI=1S/C42H84N2O6/c1-4-7-10-13-14-15-16-18-23-37-49-41(47)28-25-30-44(34-36-46)32-31-43(33-35-45)29-22-17-19-24-38-50-42(48)39-40(26-20-11-8-5-2)27-21-12-9-6-3/h40,45-46H,4-39H2,1-3H3. The van der Waals surface area contributed by atoms with Gasteiger partial charge in [-0.2, -0.15) is 0 Å². The minimum atomic E-state index is -0.120. The van der Waals surface area contributed by atoms with Crippen LogP contribution in [0.4, 0.5) is 0 Å². The first-order valence-corrected chi connectivity index (χ1v) is 21.5. The molecule has 0 unspecified atom stereocenters. The fourth-order valence-corrected chi connectivity index (χ4v) is 6.69. The van der Waals surface area contributed by atoms with E-state index in [1.165, 1.54) is 96.3 Å². The molecule has 8 heteroatoms. The zero-order chi connectivity index (χ0) is 36.8. The molecule has 0 aliphatic heterocycles. The summed E-state index contributed by atoms with van der Waals surface area (Å²) in [6.45, 7) is 12.5. The summed E-state index contributed by atoms with van der Waals surface area (Å²) in [4.78, 5) is 29.3. The number of rotatable bonds is 40. The predicted octanol–water partition coefficient (Wildman–Crippen LogP) is 9.48. The average molecular weight is 713 g/mol. The summed E-state index contributed by atoms with van der Waals surface area (Å²) >= 11 is 0. The molecule has 0 heterocycles. The van der Waals surface area contributed by atoms with E-state index in [0.29, 0.717) is 45.1 Å². The third kappa shape index (κ3) is 33.9. The molecule has 0 radical (unpaired) electrons. The van der Waals surface area contributed by atoms with E-state index in [1.807, 2.05) is 0 Å². The van der Waals surface area contributed by atoms with E-state index in [9.17, 15) is 19.8 Å². The number of esters is 2. The van der Waals surface area contributed by atoms with Gasteiger partial charge in [-0.15, -0.1) is 0 Å². The lowest BCUT2D eigenvalue weighted by atomic mass is 9.92. The van der Waals surface area contributed by atoms with Crippen molar-refractivity contribution in [2.24, 2.45) is 5.92 Å².